The largest absolute Gasteiger partial charge is 0.376 e. The molecule has 3 aliphatic heterocycles. The molecule has 1 atom stereocenters. The Balaban J connectivity index is 1.39. The van der Waals surface area contributed by atoms with E-state index in [1.807, 2.05) is 17.9 Å². The first-order valence-electron chi connectivity index (χ1n) is 12.5. The van der Waals surface area contributed by atoms with Crippen molar-refractivity contribution in [2.75, 3.05) is 32.8 Å². The number of aromatic nitrogens is 1. The zero-order chi connectivity index (χ0) is 23.4. The van der Waals surface area contributed by atoms with Crippen LogP contribution in [-0.2, 0) is 20.9 Å². The summed E-state index contributed by atoms with van der Waals surface area (Å²) in [6, 6.07) is 4.16. The first kappa shape index (κ1) is 23.6. The molecule has 1 unspecified atom stereocenters. The Kier molecular flexibility index (Phi) is 7.54. The van der Waals surface area contributed by atoms with Gasteiger partial charge in [0.1, 0.15) is 11.6 Å². The second-order valence-corrected chi connectivity index (χ2v) is 9.69. The number of piperidine rings is 2. The smallest absolute Gasteiger partial charge is 0.264 e. The highest BCUT2D eigenvalue weighted by Gasteiger charge is 2.31. The molecule has 4 heterocycles. The summed E-state index contributed by atoms with van der Waals surface area (Å²) in [5.41, 5.74) is 3.23. The summed E-state index contributed by atoms with van der Waals surface area (Å²) < 4.78 is 8.00. The molecule has 7 nitrogen and oxygen atoms in total. The highest BCUT2D eigenvalue weighted by Crippen LogP contribution is 2.25. The number of ether oxygens (including phenoxy) is 1. The molecule has 0 aromatic carbocycles. The number of nitriles is 1. The van der Waals surface area contributed by atoms with E-state index in [1.54, 1.807) is 11.0 Å². The van der Waals surface area contributed by atoms with Crippen molar-refractivity contribution in [2.45, 2.75) is 71.4 Å². The summed E-state index contributed by atoms with van der Waals surface area (Å²) in [6.07, 6.45) is 8.87. The van der Waals surface area contributed by atoms with E-state index in [0.29, 0.717) is 25.9 Å². The lowest BCUT2D eigenvalue weighted by Gasteiger charge is -2.35. The van der Waals surface area contributed by atoms with Crippen molar-refractivity contribution in [3.05, 3.63) is 28.6 Å². The zero-order valence-corrected chi connectivity index (χ0v) is 20.0. The maximum Gasteiger partial charge on any atom is 0.264 e. The number of amides is 2. The predicted molar refractivity (Wildman–Crippen MR) is 126 cm³/mol. The molecule has 33 heavy (non-hydrogen) atoms. The third-order valence-electron chi connectivity index (χ3n) is 7.47. The van der Waals surface area contributed by atoms with Gasteiger partial charge in [0, 0.05) is 56.6 Å². The van der Waals surface area contributed by atoms with Crippen molar-refractivity contribution >= 4 is 17.9 Å². The van der Waals surface area contributed by atoms with E-state index in [4.69, 9.17) is 4.74 Å². The van der Waals surface area contributed by atoms with Gasteiger partial charge in [-0.05, 0) is 76.5 Å². The van der Waals surface area contributed by atoms with Gasteiger partial charge in [-0.3, -0.25) is 9.59 Å². The fourth-order valence-corrected chi connectivity index (χ4v) is 5.42. The molecule has 3 fully saturated rings. The maximum absolute atomic E-state index is 13.1. The molecule has 1 aromatic heterocycles. The lowest BCUT2D eigenvalue weighted by Crippen LogP contribution is -2.46. The van der Waals surface area contributed by atoms with Crippen molar-refractivity contribution < 1.29 is 14.3 Å². The number of likely N-dealkylation sites (tertiary alicyclic amines) is 2. The van der Waals surface area contributed by atoms with Gasteiger partial charge in [0.05, 0.1) is 6.10 Å². The van der Waals surface area contributed by atoms with Crippen LogP contribution in [0.4, 0.5) is 0 Å². The number of carbonyl (C=O) groups is 2. The summed E-state index contributed by atoms with van der Waals surface area (Å²) in [7, 11) is 0. The molecule has 0 spiro atoms. The maximum atomic E-state index is 13.1. The van der Waals surface area contributed by atoms with Gasteiger partial charge >= 0.3 is 0 Å². The molecule has 0 N–H and O–H groups in total. The molecule has 4 rings (SSSR count). The number of carbonyl (C=O) groups excluding carboxylic acids is 2. The van der Waals surface area contributed by atoms with Gasteiger partial charge in [-0.2, -0.15) is 5.26 Å². The predicted octanol–water partition coefficient (Wildman–Crippen LogP) is 3.44. The van der Waals surface area contributed by atoms with Gasteiger partial charge in [-0.15, -0.1) is 0 Å². The number of rotatable bonds is 5. The van der Waals surface area contributed by atoms with E-state index in [-0.39, 0.29) is 29.4 Å². The average molecular weight is 453 g/mol. The molecule has 0 saturated carbocycles. The Morgan fingerprint density at radius 1 is 1.06 bits per heavy atom. The van der Waals surface area contributed by atoms with Crippen LogP contribution in [0.15, 0.2) is 11.6 Å². The number of nitrogens with zero attached hydrogens (tertiary/aromatic N) is 4. The topological polar surface area (TPSA) is 78.6 Å². The molecule has 2 amide bonds. The summed E-state index contributed by atoms with van der Waals surface area (Å²) in [4.78, 5) is 29.6. The number of hydrogen-bond acceptors (Lipinski definition) is 4. The van der Waals surface area contributed by atoms with Gasteiger partial charge in [-0.25, -0.2) is 0 Å². The van der Waals surface area contributed by atoms with E-state index in [0.717, 1.165) is 68.9 Å². The van der Waals surface area contributed by atoms with Crippen molar-refractivity contribution in [1.29, 1.82) is 5.26 Å². The molecular weight excluding hydrogens is 416 g/mol. The first-order chi connectivity index (χ1) is 16.0. The average Bonchev–Trinajstić information content (AvgIpc) is 3.46. The van der Waals surface area contributed by atoms with Gasteiger partial charge in [0.2, 0.25) is 5.91 Å². The molecule has 0 radical (unpaired) electrons. The summed E-state index contributed by atoms with van der Waals surface area (Å²) in [6.45, 7) is 8.50. The molecule has 7 heteroatoms. The summed E-state index contributed by atoms with van der Waals surface area (Å²) in [5, 5.41) is 9.74. The lowest BCUT2D eigenvalue weighted by molar-refractivity contribution is -0.140. The second kappa shape index (κ2) is 10.6. The Morgan fingerprint density at radius 3 is 2.42 bits per heavy atom. The lowest BCUT2D eigenvalue weighted by atomic mass is 9.94. The van der Waals surface area contributed by atoms with Crippen molar-refractivity contribution in [2.24, 2.45) is 5.92 Å². The number of hydrogen-bond donors (Lipinski definition) is 0. The monoisotopic (exact) mass is 452 g/mol. The van der Waals surface area contributed by atoms with Crippen LogP contribution in [-0.4, -0.2) is 65.1 Å². The molecule has 0 bridgehead atoms. The van der Waals surface area contributed by atoms with Crippen molar-refractivity contribution in [1.82, 2.24) is 14.4 Å². The summed E-state index contributed by atoms with van der Waals surface area (Å²) in [5.74, 6) is 0.0141. The highest BCUT2D eigenvalue weighted by atomic mass is 16.5. The molecule has 1 aromatic rings. The fourth-order valence-electron chi connectivity index (χ4n) is 5.42. The Labute approximate surface area is 197 Å². The minimum atomic E-state index is -0.231. The molecule has 3 saturated heterocycles. The van der Waals surface area contributed by atoms with Crippen LogP contribution in [0.1, 0.15) is 61.9 Å². The van der Waals surface area contributed by atoms with Crippen LogP contribution < -0.4 is 0 Å². The molecule has 3 aliphatic rings. The van der Waals surface area contributed by atoms with Crippen LogP contribution in [0.2, 0.25) is 0 Å². The quantitative estimate of drug-likeness (QED) is 0.506. The standard InChI is InChI=1S/C26H36N4O3/c1-19-15-22(20(2)30(19)18-24-7-6-14-33-24)16-23(17-27)26(32)29-12-8-21(9-13-29)25(31)28-10-4-3-5-11-28/h15-16,21,24H,3-14,18H2,1-2H3/b23-16+. The third kappa shape index (κ3) is 5.33. The Hall–Kier alpha value is -2.59. The second-order valence-electron chi connectivity index (χ2n) is 9.69. The minimum absolute atomic E-state index is 0.00148. The van der Waals surface area contributed by atoms with Gasteiger partial charge in [0.25, 0.3) is 5.91 Å². The van der Waals surface area contributed by atoms with E-state index in [1.165, 1.54) is 6.42 Å². The van der Waals surface area contributed by atoms with E-state index < -0.39 is 0 Å². The Bertz CT molecular complexity index is 937. The van der Waals surface area contributed by atoms with Crippen LogP contribution in [0.25, 0.3) is 6.08 Å². The minimum Gasteiger partial charge on any atom is -0.376 e. The van der Waals surface area contributed by atoms with Crippen LogP contribution in [0.5, 0.6) is 0 Å². The molecule has 178 valence electrons. The summed E-state index contributed by atoms with van der Waals surface area (Å²) >= 11 is 0. The number of aryl methyl sites for hydroxylation is 1. The van der Waals surface area contributed by atoms with Crippen LogP contribution >= 0.6 is 0 Å². The van der Waals surface area contributed by atoms with E-state index in [9.17, 15) is 14.9 Å². The van der Waals surface area contributed by atoms with Gasteiger partial charge < -0.3 is 19.1 Å². The van der Waals surface area contributed by atoms with E-state index in [2.05, 4.69) is 17.6 Å². The Morgan fingerprint density at radius 2 is 1.79 bits per heavy atom. The van der Waals surface area contributed by atoms with Crippen molar-refractivity contribution in [3.63, 3.8) is 0 Å². The van der Waals surface area contributed by atoms with Crippen molar-refractivity contribution in [3.8, 4) is 6.07 Å². The SMILES string of the molecule is Cc1cc(/C=C(\C#N)C(=O)N2CCC(C(=O)N3CCCCC3)CC2)c(C)n1CC1CCCO1. The van der Waals surface area contributed by atoms with Gasteiger partial charge in [-0.1, -0.05) is 0 Å². The van der Waals surface area contributed by atoms with Crippen LogP contribution in [0.3, 0.4) is 0 Å². The third-order valence-corrected chi connectivity index (χ3v) is 7.47. The molecular formula is C26H36N4O3. The van der Waals surface area contributed by atoms with Gasteiger partial charge in [0.15, 0.2) is 0 Å². The fraction of sp³-hybridized carbons (Fsp3) is 0.654. The van der Waals surface area contributed by atoms with Crippen LogP contribution in [0, 0.1) is 31.1 Å². The van der Waals surface area contributed by atoms with E-state index >= 15 is 0 Å². The normalized spacial score (nSPS) is 22.5. The highest BCUT2D eigenvalue weighted by molar-refractivity contribution is 6.02. The first-order valence-corrected chi connectivity index (χ1v) is 12.5. The molecule has 0 aliphatic carbocycles. The zero-order valence-electron chi connectivity index (χ0n) is 20.0.